The van der Waals surface area contributed by atoms with E-state index in [1.165, 1.54) is 0 Å². The van der Waals surface area contributed by atoms with Crippen LogP contribution in [0.1, 0.15) is 29.2 Å². The third-order valence-electron chi connectivity index (χ3n) is 6.07. The molecule has 0 spiro atoms. The number of anilines is 1. The van der Waals surface area contributed by atoms with Crippen molar-refractivity contribution in [3.63, 3.8) is 0 Å². The Morgan fingerprint density at radius 3 is 2.34 bits per heavy atom. The van der Waals surface area contributed by atoms with Gasteiger partial charge in [0.05, 0.1) is 32.3 Å². The van der Waals surface area contributed by atoms with Crippen molar-refractivity contribution in [1.82, 2.24) is 24.7 Å². The van der Waals surface area contributed by atoms with Gasteiger partial charge in [-0.15, -0.1) is 11.3 Å². The van der Waals surface area contributed by atoms with Gasteiger partial charge in [-0.05, 0) is 57.7 Å². The molecule has 8 heteroatoms. The number of hydrogen-bond donors (Lipinski definition) is 0. The van der Waals surface area contributed by atoms with Crippen molar-refractivity contribution in [2.75, 3.05) is 18.0 Å². The zero-order valence-corrected chi connectivity index (χ0v) is 19.4. The summed E-state index contributed by atoms with van der Waals surface area (Å²) in [6.45, 7) is 8.45. The molecule has 0 aliphatic carbocycles. The molecule has 1 aliphatic heterocycles. The molecule has 1 aromatic carbocycles. The first-order valence-corrected chi connectivity index (χ1v) is 11.8. The average Bonchev–Trinajstić information content (AvgIpc) is 3.13. The van der Waals surface area contributed by atoms with Crippen LogP contribution in [0.5, 0.6) is 0 Å². The van der Waals surface area contributed by atoms with Crippen LogP contribution in [0.3, 0.4) is 0 Å². The van der Waals surface area contributed by atoms with E-state index in [9.17, 15) is 4.79 Å². The fourth-order valence-electron chi connectivity index (χ4n) is 4.42. The fourth-order valence-corrected chi connectivity index (χ4v) is 5.30. The van der Waals surface area contributed by atoms with Gasteiger partial charge in [-0.1, -0.05) is 12.1 Å². The second-order valence-corrected chi connectivity index (χ2v) is 9.64. The molecule has 164 valence electrons. The van der Waals surface area contributed by atoms with Crippen molar-refractivity contribution in [2.24, 2.45) is 5.92 Å². The summed E-state index contributed by atoms with van der Waals surface area (Å²) in [7, 11) is 0. The topological polar surface area (TPSA) is 76.8 Å². The molecule has 7 nitrogen and oxygen atoms in total. The lowest BCUT2D eigenvalue weighted by molar-refractivity contribution is 0.335. The predicted octanol–water partition coefficient (Wildman–Crippen LogP) is 4.15. The number of para-hydroxylation sites is 2. The molecular weight excluding hydrogens is 420 g/mol. The van der Waals surface area contributed by atoms with Crippen molar-refractivity contribution in [3.8, 4) is 10.6 Å². The van der Waals surface area contributed by atoms with Crippen molar-refractivity contribution in [3.05, 3.63) is 63.1 Å². The molecule has 0 N–H and O–H groups in total. The van der Waals surface area contributed by atoms with Gasteiger partial charge in [0.15, 0.2) is 5.82 Å². The first-order valence-electron chi connectivity index (χ1n) is 11.0. The first-order chi connectivity index (χ1) is 15.5. The molecule has 0 radical (unpaired) electrons. The van der Waals surface area contributed by atoms with Gasteiger partial charge >= 0.3 is 0 Å². The molecule has 4 aromatic rings. The Morgan fingerprint density at radius 1 is 0.938 bits per heavy atom. The SMILES string of the molecule is Cc1nc(C)c(-c2ccc(=O)n(CC3CCN(c4nc5ccccc5nc4C)CC3)n2)s1. The molecule has 0 saturated carbocycles. The van der Waals surface area contributed by atoms with Crippen LogP contribution < -0.4 is 10.5 Å². The van der Waals surface area contributed by atoms with Crippen molar-refractivity contribution in [1.29, 1.82) is 0 Å². The van der Waals surface area contributed by atoms with Gasteiger partial charge in [-0.3, -0.25) is 4.79 Å². The van der Waals surface area contributed by atoms with Crippen LogP contribution in [0, 0.1) is 26.7 Å². The third kappa shape index (κ3) is 4.02. The number of rotatable bonds is 4. The van der Waals surface area contributed by atoms with E-state index >= 15 is 0 Å². The van der Waals surface area contributed by atoms with Gasteiger partial charge in [-0.2, -0.15) is 5.10 Å². The molecule has 0 amide bonds. The maximum absolute atomic E-state index is 12.5. The van der Waals surface area contributed by atoms with E-state index in [1.54, 1.807) is 22.1 Å². The Bertz CT molecular complexity index is 1340. The number of thiazole rings is 1. The number of fused-ring (bicyclic) bond motifs is 1. The highest BCUT2D eigenvalue weighted by atomic mass is 32.1. The van der Waals surface area contributed by atoms with Crippen LogP contribution in [0.25, 0.3) is 21.6 Å². The molecule has 5 rings (SSSR count). The summed E-state index contributed by atoms with van der Waals surface area (Å²) < 4.78 is 1.63. The molecule has 0 atom stereocenters. The molecule has 1 fully saturated rings. The molecule has 4 heterocycles. The maximum atomic E-state index is 12.5. The number of nitrogens with zero attached hydrogens (tertiary/aromatic N) is 6. The van der Waals surface area contributed by atoms with Gasteiger partial charge in [0.25, 0.3) is 5.56 Å². The van der Waals surface area contributed by atoms with E-state index in [-0.39, 0.29) is 5.56 Å². The summed E-state index contributed by atoms with van der Waals surface area (Å²) in [5.74, 6) is 1.38. The van der Waals surface area contributed by atoms with Crippen LogP contribution in [0.4, 0.5) is 5.82 Å². The van der Waals surface area contributed by atoms with Gasteiger partial charge in [-0.25, -0.2) is 19.6 Å². The molecule has 0 unspecified atom stereocenters. The second-order valence-electron chi connectivity index (χ2n) is 8.44. The monoisotopic (exact) mass is 446 g/mol. The third-order valence-corrected chi connectivity index (χ3v) is 7.16. The van der Waals surface area contributed by atoms with Crippen LogP contribution in [0.2, 0.25) is 0 Å². The lowest BCUT2D eigenvalue weighted by Gasteiger charge is -2.33. The van der Waals surface area contributed by atoms with Gasteiger partial charge < -0.3 is 4.90 Å². The predicted molar refractivity (Wildman–Crippen MR) is 128 cm³/mol. The van der Waals surface area contributed by atoms with Crippen molar-refractivity contribution >= 4 is 28.2 Å². The van der Waals surface area contributed by atoms with Crippen LogP contribution in [-0.2, 0) is 6.54 Å². The second kappa shape index (κ2) is 8.43. The number of benzene rings is 1. The summed E-state index contributed by atoms with van der Waals surface area (Å²) in [6, 6.07) is 11.4. The quantitative estimate of drug-likeness (QED) is 0.469. The van der Waals surface area contributed by atoms with Crippen molar-refractivity contribution < 1.29 is 0 Å². The highest BCUT2D eigenvalue weighted by molar-refractivity contribution is 7.15. The Labute approximate surface area is 190 Å². The first kappa shape index (κ1) is 20.8. The van der Waals surface area contributed by atoms with Crippen molar-refractivity contribution in [2.45, 2.75) is 40.2 Å². The zero-order valence-electron chi connectivity index (χ0n) is 18.6. The Hall–Kier alpha value is -3.13. The molecule has 32 heavy (non-hydrogen) atoms. The Balaban J connectivity index is 1.30. The summed E-state index contributed by atoms with van der Waals surface area (Å²) in [5, 5.41) is 5.69. The van der Waals surface area contributed by atoms with Crippen LogP contribution in [0.15, 0.2) is 41.2 Å². The summed E-state index contributed by atoms with van der Waals surface area (Å²) in [4.78, 5) is 29.9. The van der Waals surface area contributed by atoms with E-state index in [1.807, 2.05) is 51.1 Å². The van der Waals surface area contributed by atoms with E-state index < -0.39 is 0 Å². The molecule has 0 bridgehead atoms. The molecule has 1 saturated heterocycles. The summed E-state index contributed by atoms with van der Waals surface area (Å²) in [5.41, 5.74) is 4.56. The van der Waals surface area contributed by atoms with E-state index in [4.69, 9.17) is 9.97 Å². The average molecular weight is 447 g/mol. The van der Waals surface area contributed by atoms with Gasteiger partial charge in [0, 0.05) is 25.7 Å². The van der Waals surface area contributed by atoms with E-state index in [2.05, 4.69) is 15.0 Å². The number of aromatic nitrogens is 5. The number of aryl methyl sites for hydroxylation is 3. The molecular formula is C24H26N6OS. The lowest BCUT2D eigenvalue weighted by Crippen LogP contribution is -2.37. The number of piperidine rings is 1. The van der Waals surface area contributed by atoms with Gasteiger partial charge in [0.2, 0.25) is 0 Å². The summed E-state index contributed by atoms with van der Waals surface area (Å²) >= 11 is 1.62. The highest BCUT2D eigenvalue weighted by Gasteiger charge is 2.23. The van der Waals surface area contributed by atoms with Gasteiger partial charge in [0.1, 0.15) is 5.69 Å². The zero-order chi connectivity index (χ0) is 22.2. The molecule has 3 aromatic heterocycles. The number of hydrogen-bond acceptors (Lipinski definition) is 7. The van der Waals surface area contributed by atoms with E-state index in [0.29, 0.717) is 12.5 Å². The summed E-state index contributed by atoms with van der Waals surface area (Å²) in [6.07, 6.45) is 1.98. The lowest BCUT2D eigenvalue weighted by atomic mass is 9.96. The smallest absolute Gasteiger partial charge is 0.266 e. The normalized spacial score (nSPS) is 14.9. The van der Waals surface area contributed by atoms with Crippen LogP contribution >= 0.6 is 11.3 Å². The Kier molecular flexibility index (Phi) is 5.46. The minimum Gasteiger partial charge on any atom is -0.355 e. The largest absolute Gasteiger partial charge is 0.355 e. The Morgan fingerprint density at radius 2 is 1.66 bits per heavy atom. The fraction of sp³-hybridized carbons (Fsp3) is 0.375. The standard InChI is InChI=1S/C24H26N6OS/c1-15-23(32-17(3)25-15)21-8-9-22(31)30(28-21)14-18-10-12-29(13-11-18)24-16(2)26-19-6-4-5-7-20(19)27-24/h4-9,18H,10-14H2,1-3H3. The minimum atomic E-state index is -0.0497. The van der Waals surface area contributed by atoms with Crippen LogP contribution in [-0.4, -0.2) is 37.8 Å². The van der Waals surface area contributed by atoms with E-state index in [0.717, 1.165) is 69.7 Å². The molecule has 1 aliphatic rings. The highest BCUT2D eigenvalue weighted by Crippen LogP contribution is 2.28. The maximum Gasteiger partial charge on any atom is 0.266 e. The minimum absolute atomic E-state index is 0.0497.